The minimum atomic E-state index is -0.708. The summed E-state index contributed by atoms with van der Waals surface area (Å²) in [5.41, 5.74) is 4.85. The number of hydrogen-bond acceptors (Lipinski definition) is 7. The molecule has 1 aromatic rings. The van der Waals surface area contributed by atoms with Crippen molar-refractivity contribution in [3.63, 3.8) is 0 Å². The van der Waals surface area contributed by atoms with Crippen LogP contribution >= 0.6 is 0 Å². The molecule has 2 unspecified atom stereocenters. The Morgan fingerprint density at radius 2 is 1.86 bits per heavy atom. The van der Waals surface area contributed by atoms with Gasteiger partial charge in [0.25, 0.3) is 5.91 Å². The molecule has 4 aliphatic carbocycles. The van der Waals surface area contributed by atoms with Crippen LogP contribution in [-0.2, 0) is 14.3 Å². The normalized spacial score (nSPS) is 30.9. The number of aromatic nitrogens is 2. The van der Waals surface area contributed by atoms with Gasteiger partial charge in [-0.25, -0.2) is 9.48 Å². The van der Waals surface area contributed by atoms with E-state index in [4.69, 9.17) is 15.2 Å². The predicted octanol–water partition coefficient (Wildman–Crippen LogP) is 1.88. The van der Waals surface area contributed by atoms with Crippen LogP contribution in [0.25, 0.3) is 6.20 Å². The zero-order chi connectivity index (χ0) is 26.4. The van der Waals surface area contributed by atoms with Crippen molar-refractivity contribution in [1.29, 1.82) is 0 Å². The molecule has 0 radical (unpaired) electrons. The zero-order valence-electron chi connectivity index (χ0n) is 21.9. The molecule has 5 aliphatic rings. The molecule has 6 rings (SSSR count). The molecule has 2 atom stereocenters. The summed E-state index contributed by atoms with van der Waals surface area (Å²) in [6, 6.07) is 0.0313. The van der Waals surface area contributed by atoms with Crippen molar-refractivity contribution < 1.29 is 23.9 Å². The quantitative estimate of drug-likeness (QED) is 0.504. The average molecular weight is 515 g/mol. The molecule has 1 saturated heterocycles. The summed E-state index contributed by atoms with van der Waals surface area (Å²) >= 11 is 0. The highest BCUT2D eigenvalue weighted by atomic mass is 16.6. The fraction of sp³-hybridized carbons (Fsp3) is 0.692. The molecular weight excluding hydrogens is 476 g/mol. The third-order valence-electron chi connectivity index (χ3n) is 8.29. The molecule has 4 saturated carbocycles. The molecule has 11 heteroatoms. The molecule has 0 spiro atoms. The summed E-state index contributed by atoms with van der Waals surface area (Å²) in [7, 11) is 0. The third-order valence-corrected chi connectivity index (χ3v) is 8.29. The largest absolute Gasteiger partial charge is 0.443 e. The SMILES string of the molecule is CC(=O)NC(C)(C)/C=C/n1ncc(C(=O)NC2C3CC4CC2CC(OC(N)=O)(C4)C3)c1N1CCOCC1. The molecule has 37 heavy (non-hydrogen) atoms. The molecular formula is C26H38N6O5. The van der Waals surface area contributed by atoms with Crippen LogP contribution in [0.5, 0.6) is 0 Å². The Morgan fingerprint density at radius 3 is 2.49 bits per heavy atom. The standard InChI is InChI=1S/C26H38N6O5/c1-16(33)30-25(2,3)4-5-32-23(31-6-8-36-9-7-31)20(15-28-32)22(34)29-21-18-10-17-11-19(21)14-26(12-17,13-18)37-24(27)35/h4-5,15,17-19,21H,6-14H2,1-3H3,(H2,27,35)(H,29,34)(H,30,33)/b5-4+. The van der Waals surface area contributed by atoms with Crippen molar-refractivity contribution in [3.8, 4) is 0 Å². The predicted molar refractivity (Wildman–Crippen MR) is 137 cm³/mol. The second kappa shape index (κ2) is 9.66. The zero-order valence-corrected chi connectivity index (χ0v) is 21.9. The maximum absolute atomic E-state index is 13.7. The van der Waals surface area contributed by atoms with E-state index in [9.17, 15) is 14.4 Å². The van der Waals surface area contributed by atoms with E-state index in [1.807, 2.05) is 19.9 Å². The number of amides is 3. The summed E-state index contributed by atoms with van der Waals surface area (Å²) in [5, 5.41) is 10.8. The lowest BCUT2D eigenvalue weighted by atomic mass is 9.52. The van der Waals surface area contributed by atoms with Crippen molar-refractivity contribution in [2.45, 2.75) is 70.1 Å². The van der Waals surface area contributed by atoms with Crippen molar-refractivity contribution in [1.82, 2.24) is 20.4 Å². The van der Waals surface area contributed by atoms with Gasteiger partial charge in [0.05, 0.1) is 24.9 Å². The van der Waals surface area contributed by atoms with E-state index >= 15 is 0 Å². The number of nitrogens with two attached hydrogens (primary N) is 1. The summed E-state index contributed by atoms with van der Waals surface area (Å²) in [5.74, 6) is 1.47. The number of morpholine rings is 1. The van der Waals surface area contributed by atoms with Gasteiger partial charge in [-0.15, -0.1) is 0 Å². The summed E-state index contributed by atoms with van der Waals surface area (Å²) in [4.78, 5) is 39.0. The van der Waals surface area contributed by atoms with E-state index in [-0.39, 0.29) is 29.7 Å². The Morgan fingerprint density at radius 1 is 1.19 bits per heavy atom. The van der Waals surface area contributed by atoms with Gasteiger partial charge in [0.1, 0.15) is 17.0 Å². The summed E-state index contributed by atoms with van der Waals surface area (Å²) in [6.07, 6.45) is 8.98. The Hall–Kier alpha value is -3.08. The molecule has 202 valence electrons. The van der Waals surface area contributed by atoms with E-state index in [1.54, 1.807) is 17.1 Å². The number of ether oxygens (including phenoxy) is 2. The van der Waals surface area contributed by atoms with E-state index < -0.39 is 17.2 Å². The number of nitrogens with one attached hydrogen (secondary N) is 2. The van der Waals surface area contributed by atoms with Crippen LogP contribution < -0.4 is 21.3 Å². The first-order chi connectivity index (χ1) is 17.5. The molecule has 4 N–H and O–H groups in total. The Kier molecular flexibility index (Phi) is 6.68. The van der Waals surface area contributed by atoms with Gasteiger partial charge in [-0.05, 0) is 69.8 Å². The van der Waals surface area contributed by atoms with Gasteiger partial charge in [-0.2, -0.15) is 5.10 Å². The van der Waals surface area contributed by atoms with E-state index in [2.05, 4.69) is 20.6 Å². The van der Waals surface area contributed by atoms with Crippen LogP contribution in [0.1, 0.15) is 63.2 Å². The highest BCUT2D eigenvalue weighted by Crippen LogP contribution is 2.57. The molecule has 0 aromatic carbocycles. The minimum Gasteiger partial charge on any atom is -0.443 e. The number of carbonyl (C=O) groups excluding carboxylic acids is 3. The van der Waals surface area contributed by atoms with Gasteiger partial charge in [0.2, 0.25) is 5.91 Å². The lowest BCUT2D eigenvalue weighted by Gasteiger charge is -2.58. The van der Waals surface area contributed by atoms with Crippen LogP contribution in [-0.4, -0.2) is 71.2 Å². The van der Waals surface area contributed by atoms with Gasteiger partial charge in [-0.3, -0.25) is 9.59 Å². The topological polar surface area (TPSA) is 141 Å². The fourth-order valence-corrected chi connectivity index (χ4v) is 7.22. The molecule has 11 nitrogen and oxygen atoms in total. The number of rotatable bonds is 7. The first-order valence-corrected chi connectivity index (χ1v) is 13.2. The van der Waals surface area contributed by atoms with Gasteiger partial charge in [0, 0.05) is 32.3 Å². The van der Waals surface area contributed by atoms with Gasteiger partial charge >= 0.3 is 6.09 Å². The Bertz CT molecular complexity index is 1080. The average Bonchev–Trinajstić information content (AvgIpc) is 3.23. The summed E-state index contributed by atoms with van der Waals surface area (Å²) < 4.78 is 12.9. The van der Waals surface area contributed by atoms with Crippen LogP contribution in [0, 0.1) is 17.8 Å². The second-order valence-electron chi connectivity index (χ2n) is 11.7. The first kappa shape index (κ1) is 25.6. The van der Waals surface area contributed by atoms with Gasteiger partial charge in [0.15, 0.2) is 0 Å². The maximum atomic E-state index is 13.7. The van der Waals surface area contributed by atoms with Crippen molar-refractivity contribution in [3.05, 3.63) is 17.8 Å². The van der Waals surface area contributed by atoms with Crippen LogP contribution in [0.2, 0.25) is 0 Å². The highest BCUT2D eigenvalue weighted by Gasteiger charge is 2.57. The second-order valence-corrected chi connectivity index (χ2v) is 11.7. The summed E-state index contributed by atoms with van der Waals surface area (Å²) in [6.45, 7) is 7.73. The van der Waals surface area contributed by atoms with Gasteiger partial charge < -0.3 is 30.7 Å². The number of carbonyl (C=O) groups is 3. The van der Waals surface area contributed by atoms with E-state index in [1.165, 1.54) is 6.92 Å². The van der Waals surface area contributed by atoms with E-state index in [0.717, 1.165) is 32.1 Å². The van der Waals surface area contributed by atoms with Crippen LogP contribution in [0.15, 0.2) is 12.3 Å². The van der Waals surface area contributed by atoms with Gasteiger partial charge in [-0.1, -0.05) is 0 Å². The Labute approximate surface area is 217 Å². The number of hydrogen-bond donors (Lipinski definition) is 3. The smallest absolute Gasteiger partial charge is 0.405 e. The first-order valence-electron chi connectivity index (χ1n) is 13.2. The number of nitrogens with zero attached hydrogens (tertiary/aromatic N) is 3. The van der Waals surface area contributed by atoms with Crippen LogP contribution in [0.3, 0.4) is 0 Å². The van der Waals surface area contributed by atoms with Crippen molar-refractivity contribution >= 4 is 29.9 Å². The Balaban J connectivity index is 1.37. The van der Waals surface area contributed by atoms with Crippen molar-refractivity contribution in [2.75, 3.05) is 31.2 Å². The molecule has 1 aliphatic heterocycles. The highest BCUT2D eigenvalue weighted by molar-refractivity contribution is 5.99. The lowest BCUT2D eigenvalue weighted by Crippen LogP contribution is -2.63. The third kappa shape index (κ3) is 5.32. The monoisotopic (exact) mass is 514 g/mol. The molecule has 5 fully saturated rings. The number of primary amides is 1. The van der Waals surface area contributed by atoms with Crippen LogP contribution in [0.4, 0.5) is 10.6 Å². The molecule has 4 bridgehead atoms. The van der Waals surface area contributed by atoms with E-state index in [0.29, 0.717) is 43.6 Å². The number of anilines is 1. The van der Waals surface area contributed by atoms with Crippen molar-refractivity contribution in [2.24, 2.45) is 23.5 Å². The maximum Gasteiger partial charge on any atom is 0.405 e. The fourth-order valence-electron chi connectivity index (χ4n) is 7.22. The lowest BCUT2D eigenvalue weighted by molar-refractivity contribution is -0.137. The molecule has 1 aromatic heterocycles. The molecule has 2 heterocycles. The minimum absolute atomic E-state index is 0.0313. The molecule has 3 amide bonds.